The van der Waals surface area contributed by atoms with E-state index in [0.29, 0.717) is 18.1 Å². The smallest absolute Gasteiger partial charge is 0.127 e. The van der Waals surface area contributed by atoms with Gasteiger partial charge in [-0.15, -0.1) is 0 Å². The van der Waals surface area contributed by atoms with Gasteiger partial charge in [0.2, 0.25) is 0 Å². The molecule has 0 bridgehead atoms. The number of nitrogens with one attached hydrogen (secondary N) is 1. The van der Waals surface area contributed by atoms with Crippen molar-refractivity contribution < 1.29 is 5.11 Å². The Hall–Kier alpha value is -2.13. The van der Waals surface area contributed by atoms with E-state index in [0.717, 1.165) is 11.1 Å². The lowest BCUT2D eigenvalue weighted by Crippen LogP contribution is -2.39. The van der Waals surface area contributed by atoms with Crippen LogP contribution in [0.4, 0.5) is 0 Å². The van der Waals surface area contributed by atoms with Gasteiger partial charge in [0, 0.05) is 18.1 Å². The molecule has 0 aromatic heterocycles. The molecule has 3 aromatic rings. The Morgan fingerprint density at radius 1 is 0.750 bits per heavy atom. The van der Waals surface area contributed by atoms with Gasteiger partial charge in [0.25, 0.3) is 0 Å². The monoisotopic (exact) mass is 337 g/mol. The number of hydrogen-bond acceptors (Lipinski definition) is 2. The highest BCUT2D eigenvalue weighted by Gasteiger charge is 2.31. The summed E-state index contributed by atoms with van der Waals surface area (Å²) in [7, 11) is 0. The summed E-state index contributed by atoms with van der Waals surface area (Å²) in [6.07, 6.45) is 0. The third-order valence-corrected chi connectivity index (χ3v) is 4.38. The molecule has 0 unspecified atom stereocenters. The highest BCUT2D eigenvalue weighted by atomic mass is 35.5. The van der Waals surface area contributed by atoms with Crippen LogP contribution in [0.15, 0.2) is 84.9 Å². The Labute approximate surface area is 147 Å². The van der Waals surface area contributed by atoms with Crippen molar-refractivity contribution in [2.24, 2.45) is 0 Å². The summed E-state index contributed by atoms with van der Waals surface area (Å²) in [5.74, 6) is 0. The molecule has 0 amide bonds. The largest absolute Gasteiger partial charge is 0.379 e. The fraction of sp³-hybridized carbons (Fsp3) is 0.143. The van der Waals surface area contributed by atoms with Crippen molar-refractivity contribution >= 4 is 11.6 Å². The van der Waals surface area contributed by atoms with Crippen LogP contribution in [-0.4, -0.2) is 11.7 Å². The Balaban J connectivity index is 1.83. The van der Waals surface area contributed by atoms with Gasteiger partial charge in [-0.05, 0) is 28.8 Å². The van der Waals surface area contributed by atoms with E-state index in [2.05, 4.69) is 17.4 Å². The molecule has 3 rings (SSSR count). The molecule has 3 aromatic carbocycles. The third kappa shape index (κ3) is 3.85. The number of aliphatic hydroxyl groups is 1. The van der Waals surface area contributed by atoms with E-state index in [1.807, 2.05) is 72.8 Å². The molecule has 2 nitrogen and oxygen atoms in total. The summed E-state index contributed by atoms with van der Waals surface area (Å²) in [5.41, 5.74) is 1.75. The Bertz CT molecular complexity index is 759. The highest BCUT2D eigenvalue weighted by molar-refractivity contribution is 6.30. The predicted octanol–water partition coefficient (Wildman–Crippen LogP) is 4.37. The topological polar surface area (TPSA) is 32.3 Å². The lowest BCUT2D eigenvalue weighted by Gasteiger charge is -2.30. The van der Waals surface area contributed by atoms with Crippen LogP contribution in [0.1, 0.15) is 16.7 Å². The van der Waals surface area contributed by atoms with Crippen LogP contribution >= 0.6 is 11.6 Å². The standard InChI is InChI=1S/C21H20ClNO/c22-20-13-11-19(12-14-20)21(24,18-9-5-2-6-10-18)16-23-15-17-7-3-1-4-8-17/h1-14,23-24H,15-16H2/t21-/m1/s1. The van der Waals surface area contributed by atoms with Gasteiger partial charge in [0.1, 0.15) is 5.60 Å². The molecule has 0 saturated carbocycles. The second-order valence-corrected chi connectivity index (χ2v) is 6.26. The zero-order valence-corrected chi connectivity index (χ0v) is 14.1. The molecule has 1 atom stereocenters. The summed E-state index contributed by atoms with van der Waals surface area (Å²) in [6.45, 7) is 1.11. The fourth-order valence-corrected chi connectivity index (χ4v) is 2.92. The van der Waals surface area contributed by atoms with Crippen molar-refractivity contribution in [2.45, 2.75) is 12.1 Å². The first-order valence-electron chi connectivity index (χ1n) is 7.97. The predicted molar refractivity (Wildman–Crippen MR) is 99.0 cm³/mol. The lowest BCUT2D eigenvalue weighted by molar-refractivity contribution is 0.0796. The molecule has 24 heavy (non-hydrogen) atoms. The molecule has 0 aliphatic carbocycles. The maximum Gasteiger partial charge on any atom is 0.127 e. The Kier molecular flexibility index (Phi) is 5.31. The van der Waals surface area contributed by atoms with Crippen molar-refractivity contribution in [3.05, 3.63) is 107 Å². The van der Waals surface area contributed by atoms with E-state index in [1.165, 1.54) is 5.56 Å². The van der Waals surface area contributed by atoms with Crippen LogP contribution in [0.2, 0.25) is 5.02 Å². The van der Waals surface area contributed by atoms with E-state index in [4.69, 9.17) is 11.6 Å². The van der Waals surface area contributed by atoms with Crippen LogP contribution in [0, 0.1) is 0 Å². The van der Waals surface area contributed by atoms with E-state index >= 15 is 0 Å². The summed E-state index contributed by atoms with van der Waals surface area (Å²) >= 11 is 5.99. The van der Waals surface area contributed by atoms with Gasteiger partial charge in [-0.25, -0.2) is 0 Å². The quantitative estimate of drug-likeness (QED) is 0.700. The first kappa shape index (κ1) is 16.7. The van der Waals surface area contributed by atoms with E-state index in [-0.39, 0.29) is 0 Å². The molecule has 0 aliphatic rings. The van der Waals surface area contributed by atoms with E-state index in [9.17, 15) is 5.11 Å². The maximum absolute atomic E-state index is 11.4. The normalized spacial score (nSPS) is 13.4. The summed E-state index contributed by atoms with van der Waals surface area (Å²) < 4.78 is 0. The molecule has 3 heteroatoms. The van der Waals surface area contributed by atoms with Gasteiger partial charge in [-0.3, -0.25) is 0 Å². The van der Waals surface area contributed by atoms with Gasteiger partial charge >= 0.3 is 0 Å². The SMILES string of the molecule is O[C@](CNCc1ccccc1)(c1ccccc1)c1ccc(Cl)cc1. The first-order valence-corrected chi connectivity index (χ1v) is 8.35. The number of benzene rings is 3. The Morgan fingerprint density at radius 3 is 1.92 bits per heavy atom. The van der Waals surface area contributed by atoms with E-state index in [1.54, 1.807) is 0 Å². The van der Waals surface area contributed by atoms with Gasteiger partial charge in [-0.1, -0.05) is 84.4 Å². The molecular weight excluding hydrogens is 318 g/mol. The van der Waals surface area contributed by atoms with Crippen LogP contribution in [0.5, 0.6) is 0 Å². The molecular formula is C21H20ClNO. The third-order valence-electron chi connectivity index (χ3n) is 4.13. The molecule has 0 heterocycles. The summed E-state index contributed by atoms with van der Waals surface area (Å²) in [4.78, 5) is 0. The van der Waals surface area contributed by atoms with Crippen molar-refractivity contribution in [2.75, 3.05) is 6.54 Å². The molecule has 0 spiro atoms. The van der Waals surface area contributed by atoms with Gasteiger partial charge in [0.15, 0.2) is 0 Å². The first-order chi connectivity index (χ1) is 11.7. The summed E-state index contributed by atoms with van der Waals surface area (Å²) in [6, 6.07) is 27.2. The molecule has 0 fully saturated rings. The summed E-state index contributed by atoms with van der Waals surface area (Å²) in [5, 5.41) is 15.4. The van der Waals surface area contributed by atoms with Gasteiger partial charge in [0.05, 0.1) is 0 Å². The number of hydrogen-bond donors (Lipinski definition) is 2. The van der Waals surface area contributed by atoms with Gasteiger partial charge in [-0.2, -0.15) is 0 Å². The van der Waals surface area contributed by atoms with Crippen molar-refractivity contribution in [1.82, 2.24) is 5.32 Å². The van der Waals surface area contributed by atoms with Crippen LogP contribution in [0.25, 0.3) is 0 Å². The maximum atomic E-state index is 11.4. The molecule has 0 aliphatic heterocycles. The second-order valence-electron chi connectivity index (χ2n) is 5.82. The molecule has 122 valence electrons. The fourth-order valence-electron chi connectivity index (χ4n) is 2.79. The van der Waals surface area contributed by atoms with Crippen LogP contribution in [-0.2, 0) is 12.1 Å². The zero-order valence-electron chi connectivity index (χ0n) is 13.3. The van der Waals surface area contributed by atoms with Crippen molar-refractivity contribution in [3.63, 3.8) is 0 Å². The average molecular weight is 338 g/mol. The lowest BCUT2D eigenvalue weighted by atomic mass is 9.86. The highest BCUT2D eigenvalue weighted by Crippen LogP contribution is 2.30. The average Bonchev–Trinajstić information content (AvgIpc) is 2.64. The molecule has 0 radical (unpaired) electrons. The van der Waals surface area contributed by atoms with Gasteiger partial charge < -0.3 is 10.4 Å². The number of halogens is 1. The minimum Gasteiger partial charge on any atom is -0.379 e. The zero-order chi connectivity index (χ0) is 16.8. The number of rotatable bonds is 6. The van der Waals surface area contributed by atoms with Crippen LogP contribution < -0.4 is 5.32 Å². The minimum absolute atomic E-state index is 0.410. The van der Waals surface area contributed by atoms with Crippen LogP contribution in [0.3, 0.4) is 0 Å². The minimum atomic E-state index is -1.11. The van der Waals surface area contributed by atoms with Crippen molar-refractivity contribution in [1.29, 1.82) is 0 Å². The van der Waals surface area contributed by atoms with E-state index < -0.39 is 5.60 Å². The molecule has 2 N–H and O–H groups in total. The van der Waals surface area contributed by atoms with Crippen molar-refractivity contribution in [3.8, 4) is 0 Å². The Morgan fingerprint density at radius 2 is 1.29 bits per heavy atom. The molecule has 0 saturated heterocycles. The second kappa shape index (κ2) is 7.63.